The van der Waals surface area contributed by atoms with Crippen molar-refractivity contribution in [2.45, 2.75) is 77.7 Å². The number of aliphatic hydroxyl groups is 1. The Labute approximate surface area is 111 Å². The number of hydrogen-bond acceptors (Lipinski definition) is 2. The SMILES string of the molecule is CCCCCCCC(=O)NC1CCCC1(C)CO. The average molecular weight is 255 g/mol. The summed E-state index contributed by atoms with van der Waals surface area (Å²) in [5, 5.41) is 12.5. The summed E-state index contributed by atoms with van der Waals surface area (Å²) in [7, 11) is 0. The van der Waals surface area contributed by atoms with Gasteiger partial charge in [0.25, 0.3) is 0 Å². The Bertz CT molecular complexity index is 255. The van der Waals surface area contributed by atoms with Crippen molar-refractivity contribution >= 4 is 5.91 Å². The Morgan fingerprint density at radius 1 is 1.33 bits per heavy atom. The van der Waals surface area contributed by atoms with E-state index in [1.807, 2.05) is 0 Å². The molecule has 1 saturated carbocycles. The van der Waals surface area contributed by atoms with Gasteiger partial charge in [0.15, 0.2) is 0 Å². The van der Waals surface area contributed by atoms with E-state index < -0.39 is 0 Å². The molecule has 0 aromatic heterocycles. The number of hydrogen-bond donors (Lipinski definition) is 2. The molecule has 3 nitrogen and oxygen atoms in total. The minimum atomic E-state index is -0.0993. The standard InChI is InChI=1S/C15H29NO2/c1-3-4-5-6-7-10-14(18)16-13-9-8-11-15(13,2)12-17/h13,17H,3-12H2,1-2H3,(H,16,18). The molecule has 2 N–H and O–H groups in total. The van der Waals surface area contributed by atoms with E-state index in [1.54, 1.807) is 0 Å². The van der Waals surface area contributed by atoms with Crippen LogP contribution in [0.4, 0.5) is 0 Å². The van der Waals surface area contributed by atoms with Crippen molar-refractivity contribution in [3.05, 3.63) is 0 Å². The Hall–Kier alpha value is -0.570. The minimum absolute atomic E-state index is 0.0993. The summed E-state index contributed by atoms with van der Waals surface area (Å²) in [4.78, 5) is 11.8. The summed E-state index contributed by atoms with van der Waals surface area (Å²) in [6, 6.07) is 0.172. The largest absolute Gasteiger partial charge is 0.396 e. The molecule has 2 atom stereocenters. The van der Waals surface area contributed by atoms with E-state index in [2.05, 4.69) is 19.2 Å². The zero-order chi connectivity index (χ0) is 13.4. The molecule has 1 amide bonds. The van der Waals surface area contributed by atoms with Gasteiger partial charge >= 0.3 is 0 Å². The molecule has 0 spiro atoms. The van der Waals surface area contributed by atoms with Crippen LogP contribution in [0.2, 0.25) is 0 Å². The monoisotopic (exact) mass is 255 g/mol. The Morgan fingerprint density at radius 2 is 2.06 bits per heavy atom. The fraction of sp³-hybridized carbons (Fsp3) is 0.933. The molecule has 1 rings (SSSR count). The third-order valence-electron chi connectivity index (χ3n) is 4.29. The topological polar surface area (TPSA) is 49.3 Å². The second-order valence-electron chi connectivity index (χ2n) is 5.99. The van der Waals surface area contributed by atoms with Gasteiger partial charge in [0.1, 0.15) is 0 Å². The van der Waals surface area contributed by atoms with Gasteiger partial charge in [-0.05, 0) is 19.3 Å². The van der Waals surface area contributed by atoms with E-state index in [0.29, 0.717) is 6.42 Å². The third kappa shape index (κ3) is 4.60. The van der Waals surface area contributed by atoms with Crippen LogP contribution in [0.15, 0.2) is 0 Å². The smallest absolute Gasteiger partial charge is 0.220 e. The molecule has 0 heterocycles. The maximum atomic E-state index is 11.8. The Balaban J connectivity index is 2.19. The lowest BCUT2D eigenvalue weighted by molar-refractivity contribution is -0.122. The number of nitrogens with one attached hydrogen (secondary N) is 1. The van der Waals surface area contributed by atoms with Crippen molar-refractivity contribution < 1.29 is 9.90 Å². The van der Waals surface area contributed by atoms with E-state index in [9.17, 15) is 9.90 Å². The van der Waals surface area contributed by atoms with Gasteiger partial charge in [-0.1, -0.05) is 46.0 Å². The van der Waals surface area contributed by atoms with Crippen LogP contribution in [-0.4, -0.2) is 23.7 Å². The molecule has 0 radical (unpaired) electrons. The van der Waals surface area contributed by atoms with Crippen LogP contribution in [-0.2, 0) is 4.79 Å². The summed E-state index contributed by atoms with van der Waals surface area (Å²) < 4.78 is 0. The average Bonchev–Trinajstić information content (AvgIpc) is 2.71. The first kappa shape index (κ1) is 15.5. The molecule has 0 bridgehead atoms. The third-order valence-corrected chi connectivity index (χ3v) is 4.29. The van der Waals surface area contributed by atoms with Gasteiger partial charge in [-0.15, -0.1) is 0 Å². The molecule has 0 aromatic carbocycles. The minimum Gasteiger partial charge on any atom is -0.396 e. The zero-order valence-electron chi connectivity index (χ0n) is 12.0. The lowest BCUT2D eigenvalue weighted by atomic mass is 9.85. The van der Waals surface area contributed by atoms with E-state index in [0.717, 1.165) is 32.1 Å². The molecule has 0 aromatic rings. The zero-order valence-corrected chi connectivity index (χ0v) is 12.0. The maximum Gasteiger partial charge on any atom is 0.220 e. The van der Waals surface area contributed by atoms with Gasteiger partial charge in [-0.25, -0.2) is 0 Å². The van der Waals surface area contributed by atoms with Crippen LogP contribution in [0.5, 0.6) is 0 Å². The van der Waals surface area contributed by atoms with Crippen LogP contribution < -0.4 is 5.32 Å². The van der Waals surface area contributed by atoms with Crippen molar-refractivity contribution in [2.24, 2.45) is 5.41 Å². The second kappa shape index (κ2) is 7.78. The predicted octanol–water partition coefficient (Wildman–Crippen LogP) is 3.01. The van der Waals surface area contributed by atoms with Crippen LogP contribution >= 0.6 is 0 Å². The maximum absolute atomic E-state index is 11.8. The Morgan fingerprint density at radius 3 is 2.72 bits per heavy atom. The first-order valence-electron chi connectivity index (χ1n) is 7.52. The normalized spacial score (nSPS) is 27.4. The van der Waals surface area contributed by atoms with Gasteiger partial charge < -0.3 is 10.4 Å². The summed E-state index contributed by atoms with van der Waals surface area (Å²) in [6.07, 6.45) is 9.68. The number of carbonyl (C=O) groups excluding carboxylic acids is 1. The summed E-state index contributed by atoms with van der Waals surface area (Å²) >= 11 is 0. The summed E-state index contributed by atoms with van der Waals surface area (Å²) in [6.45, 7) is 4.45. The van der Waals surface area contributed by atoms with Crippen LogP contribution in [0, 0.1) is 5.41 Å². The van der Waals surface area contributed by atoms with Crippen molar-refractivity contribution in [3.8, 4) is 0 Å². The number of aliphatic hydroxyl groups excluding tert-OH is 1. The van der Waals surface area contributed by atoms with Crippen molar-refractivity contribution in [1.29, 1.82) is 0 Å². The highest BCUT2D eigenvalue weighted by molar-refractivity contribution is 5.76. The van der Waals surface area contributed by atoms with Crippen molar-refractivity contribution in [1.82, 2.24) is 5.32 Å². The lowest BCUT2D eigenvalue weighted by Crippen LogP contribution is -2.44. The highest BCUT2D eigenvalue weighted by Crippen LogP contribution is 2.37. The summed E-state index contributed by atoms with van der Waals surface area (Å²) in [5.74, 6) is 0.165. The van der Waals surface area contributed by atoms with E-state index in [4.69, 9.17) is 0 Å². The van der Waals surface area contributed by atoms with Crippen LogP contribution in [0.25, 0.3) is 0 Å². The molecule has 1 aliphatic rings. The van der Waals surface area contributed by atoms with Gasteiger partial charge in [0.2, 0.25) is 5.91 Å². The fourth-order valence-corrected chi connectivity index (χ4v) is 2.82. The van der Waals surface area contributed by atoms with E-state index in [-0.39, 0.29) is 24.0 Å². The number of amides is 1. The number of unbranched alkanes of at least 4 members (excludes halogenated alkanes) is 4. The first-order valence-corrected chi connectivity index (χ1v) is 7.52. The number of rotatable bonds is 8. The quantitative estimate of drug-likeness (QED) is 0.655. The van der Waals surface area contributed by atoms with Crippen LogP contribution in [0.1, 0.15) is 71.6 Å². The molecule has 2 unspecified atom stereocenters. The molecular weight excluding hydrogens is 226 g/mol. The Kier molecular flexibility index (Phi) is 6.69. The highest BCUT2D eigenvalue weighted by atomic mass is 16.3. The summed E-state index contributed by atoms with van der Waals surface area (Å²) in [5.41, 5.74) is -0.0993. The fourth-order valence-electron chi connectivity index (χ4n) is 2.82. The predicted molar refractivity (Wildman–Crippen MR) is 74.4 cm³/mol. The van der Waals surface area contributed by atoms with Gasteiger partial charge in [0.05, 0.1) is 6.61 Å². The molecular formula is C15H29NO2. The van der Waals surface area contributed by atoms with Gasteiger partial charge in [-0.3, -0.25) is 4.79 Å². The molecule has 0 saturated heterocycles. The van der Waals surface area contributed by atoms with Gasteiger partial charge in [-0.2, -0.15) is 0 Å². The first-order chi connectivity index (χ1) is 8.62. The van der Waals surface area contributed by atoms with E-state index >= 15 is 0 Å². The number of carbonyl (C=O) groups is 1. The second-order valence-corrected chi connectivity index (χ2v) is 5.99. The molecule has 3 heteroatoms. The molecule has 0 aliphatic heterocycles. The molecule has 18 heavy (non-hydrogen) atoms. The lowest BCUT2D eigenvalue weighted by Gasteiger charge is -2.30. The van der Waals surface area contributed by atoms with Crippen molar-refractivity contribution in [3.63, 3.8) is 0 Å². The highest BCUT2D eigenvalue weighted by Gasteiger charge is 2.38. The van der Waals surface area contributed by atoms with Gasteiger partial charge in [0, 0.05) is 17.9 Å². The molecule has 1 aliphatic carbocycles. The van der Waals surface area contributed by atoms with Crippen LogP contribution in [0.3, 0.4) is 0 Å². The molecule has 1 fully saturated rings. The molecule has 106 valence electrons. The van der Waals surface area contributed by atoms with Crippen molar-refractivity contribution in [2.75, 3.05) is 6.61 Å². The van der Waals surface area contributed by atoms with E-state index in [1.165, 1.54) is 19.3 Å².